The van der Waals surface area contributed by atoms with Gasteiger partial charge in [0.05, 0.1) is 12.5 Å². The molecule has 1 saturated carbocycles. The molecule has 1 aliphatic carbocycles. The Morgan fingerprint density at radius 1 is 1.36 bits per heavy atom. The van der Waals surface area contributed by atoms with Gasteiger partial charge in [-0.3, -0.25) is 14.3 Å². The van der Waals surface area contributed by atoms with Gasteiger partial charge in [0, 0.05) is 25.2 Å². The van der Waals surface area contributed by atoms with Crippen molar-refractivity contribution in [3.8, 4) is 5.75 Å². The number of methoxy groups -OCH3 is 1. The molecule has 2 heterocycles. The Bertz CT molecular complexity index is 1010. The second-order valence-electron chi connectivity index (χ2n) is 7.84. The number of fused-ring (bicyclic) bond motifs is 1. The average molecular weight is 390 g/mol. The van der Waals surface area contributed by atoms with Crippen molar-refractivity contribution in [3.63, 3.8) is 0 Å². The number of H-pyrrole nitrogens is 1. The zero-order chi connectivity index (χ0) is 20.0. The van der Waals surface area contributed by atoms with Crippen LogP contribution in [0.5, 0.6) is 5.75 Å². The molecule has 0 spiro atoms. The maximum Gasteiger partial charge on any atom is 0.329 e. The van der Waals surface area contributed by atoms with Crippen molar-refractivity contribution in [3.05, 3.63) is 32.7 Å². The highest BCUT2D eigenvalue weighted by atomic mass is 19.1. The van der Waals surface area contributed by atoms with E-state index in [2.05, 4.69) is 24.1 Å². The van der Waals surface area contributed by atoms with Crippen LogP contribution < -0.4 is 26.2 Å². The fourth-order valence-electron chi connectivity index (χ4n) is 4.40. The van der Waals surface area contributed by atoms with Crippen molar-refractivity contribution < 1.29 is 9.13 Å². The molecular weight excluding hydrogens is 363 g/mol. The van der Waals surface area contributed by atoms with Gasteiger partial charge in [0.2, 0.25) is 0 Å². The minimum atomic E-state index is -0.583. The summed E-state index contributed by atoms with van der Waals surface area (Å²) in [6.45, 7) is 6.52. The minimum Gasteiger partial charge on any atom is -0.492 e. The molecule has 0 bridgehead atoms. The Hall–Kier alpha value is -2.35. The molecule has 2 atom stereocenters. The largest absolute Gasteiger partial charge is 0.492 e. The van der Waals surface area contributed by atoms with Crippen LogP contribution in [0.2, 0.25) is 0 Å². The van der Waals surface area contributed by atoms with Crippen LogP contribution in [0.25, 0.3) is 10.9 Å². The number of ether oxygens (including phenoxy) is 1. The third-order valence-electron chi connectivity index (χ3n) is 6.00. The zero-order valence-corrected chi connectivity index (χ0v) is 16.5. The molecule has 1 aromatic heterocycles. The van der Waals surface area contributed by atoms with Gasteiger partial charge in [0.25, 0.3) is 5.56 Å². The number of benzene rings is 1. The normalized spacial score (nSPS) is 20.7. The van der Waals surface area contributed by atoms with Gasteiger partial charge >= 0.3 is 5.69 Å². The van der Waals surface area contributed by atoms with Gasteiger partial charge in [-0.2, -0.15) is 0 Å². The van der Waals surface area contributed by atoms with Crippen LogP contribution in [-0.2, 0) is 0 Å². The highest BCUT2D eigenvalue weighted by molar-refractivity contribution is 5.91. The fraction of sp³-hybridized carbons (Fsp3) is 0.600. The van der Waals surface area contributed by atoms with E-state index in [1.165, 1.54) is 13.2 Å². The molecular formula is C20H27FN4O3. The Labute approximate surface area is 162 Å². The number of aromatic amines is 1. The summed E-state index contributed by atoms with van der Waals surface area (Å²) in [6, 6.07) is 1.60. The summed E-state index contributed by atoms with van der Waals surface area (Å²) in [6.07, 6.45) is 2.67. The first-order chi connectivity index (χ1) is 13.5. The van der Waals surface area contributed by atoms with E-state index in [9.17, 15) is 9.59 Å². The number of rotatable bonds is 6. The van der Waals surface area contributed by atoms with E-state index in [0.717, 1.165) is 25.8 Å². The van der Waals surface area contributed by atoms with Crippen molar-refractivity contribution in [2.45, 2.75) is 45.2 Å². The predicted molar refractivity (Wildman–Crippen MR) is 107 cm³/mol. The van der Waals surface area contributed by atoms with Crippen LogP contribution >= 0.6 is 0 Å². The molecule has 2 fully saturated rings. The number of halogens is 1. The summed E-state index contributed by atoms with van der Waals surface area (Å²) in [4.78, 5) is 29.1. The summed E-state index contributed by atoms with van der Waals surface area (Å²) in [7, 11) is 1.47. The summed E-state index contributed by atoms with van der Waals surface area (Å²) in [5.74, 6) is 0.180. The lowest BCUT2D eigenvalue weighted by molar-refractivity contribution is 0.405. The maximum absolute atomic E-state index is 15.1. The van der Waals surface area contributed by atoms with Gasteiger partial charge in [-0.1, -0.05) is 6.92 Å². The molecule has 1 aliphatic heterocycles. The summed E-state index contributed by atoms with van der Waals surface area (Å²) in [5, 5.41) is 3.59. The van der Waals surface area contributed by atoms with Gasteiger partial charge in [-0.25, -0.2) is 9.18 Å². The molecule has 2 aliphatic rings. The Balaban J connectivity index is 1.86. The van der Waals surface area contributed by atoms with E-state index in [4.69, 9.17) is 4.74 Å². The topological polar surface area (TPSA) is 79.4 Å². The zero-order valence-electron chi connectivity index (χ0n) is 16.5. The Morgan fingerprint density at radius 2 is 2.11 bits per heavy atom. The number of anilines is 1. The van der Waals surface area contributed by atoms with Crippen molar-refractivity contribution in [2.75, 3.05) is 31.6 Å². The van der Waals surface area contributed by atoms with Crippen LogP contribution in [-0.4, -0.2) is 42.3 Å². The third kappa shape index (κ3) is 3.09. The van der Waals surface area contributed by atoms with Gasteiger partial charge < -0.3 is 15.0 Å². The molecule has 28 heavy (non-hydrogen) atoms. The fourth-order valence-corrected chi connectivity index (χ4v) is 4.40. The molecule has 1 unspecified atom stereocenters. The first-order valence-corrected chi connectivity index (χ1v) is 9.99. The standard InChI is InChI=1S/C20H27FN4O3/c1-4-22-11(2)12-7-8-24(10-12)17-15(21)9-14-16(18(17)28-3)25(13-5-6-13)20(27)23-19(14)26/h9,11-13,22H,4-8,10H2,1-3H3,(H,23,26,27)/t11?,12-/m1/s1. The average Bonchev–Trinajstić information content (AvgIpc) is 3.37. The predicted octanol–water partition coefficient (Wildman–Crippen LogP) is 2.00. The number of nitrogens with zero attached hydrogens (tertiary/aromatic N) is 2. The second-order valence-corrected chi connectivity index (χ2v) is 7.84. The van der Waals surface area contributed by atoms with Crippen molar-refractivity contribution in [1.29, 1.82) is 0 Å². The number of nitrogens with one attached hydrogen (secondary N) is 2. The summed E-state index contributed by atoms with van der Waals surface area (Å²) in [5.41, 5.74) is -0.296. The van der Waals surface area contributed by atoms with Crippen LogP contribution in [0.4, 0.5) is 10.1 Å². The Morgan fingerprint density at radius 3 is 2.75 bits per heavy atom. The van der Waals surface area contributed by atoms with E-state index in [0.29, 0.717) is 36.3 Å². The smallest absolute Gasteiger partial charge is 0.329 e. The van der Waals surface area contributed by atoms with Crippen LogP contribution in [0.1, 0.15) is 39.2 Å². The van der Waals surface area contributed by atoms with Gasteiger partial charge in [-0.05, 0) is 44.7 Å². The molecule has 8 heteroatoms. The third-order valence-corrected chi connectivity index (χ3v) is 6.00. The van der Waals surface area contributed by atoms with E-state index in [-0.39, 0.29) is 17.2 Å². The molecule has 0 radical (unpaired) electrons. The van der Waals surface area contributed by atoms with E-state index in [1.807, 2.05) is 4.90 Å². The van der Waals surface area contributed by atoms with Gasteiger partial charge in [0.1, 0.15) is 11.2 Å². The number of aromatic nitrogens is 2. The number of hydrogen-bond donors (Lipinski definition) is 2. The van der Waals surface area contributed by atoms with Crippen molar-refractivity contribution in [1.82, 2.24) is 14.9 Å². The summed E-state index contributed by atoms with van der Waals surface area (Å²) < 4.78 is 22.3. The van der Waals surface area contributed by atoms with Crippen LogP contribution in [0.3, 0.4) is 0 Å². The molecule has 4 rings (SSSR count). The Kier molecular flexibility index (Phi) is 4.91. The van der Waals surface area contributed by atoms with E-state index < -0.39 is 17.1 Å². The van der Waals surface area contributed by atoms with Crippen LogP contribution in [0.15, 0.2) is 15.7 Å². The molecule has 1 aromatic carbocycles. The van der Waals surface area contributed by atoms with Gasteiger partial charge in [-0.15, -0.1) is 0 Å². The monoisotopic (exact) mass is 390 g/mol. The SMILES string of the molecule is CCNC(C)[C@@H]1CCN(c2c(F)cc3c(=O)[nH]c(=O)n(C4CC4)c3c2OC)C1. The summed E-state index contributed by atoms with van der Waals surface area (Å²) >= 11 is 0. The molecule has 7 nitrogen and oxygen atoms in total. The first kappa shape index (κ1) is 19.0. The highest BCUT2D eigenvalue weighted by Gasteiger charge is 2.34. The maximum atomic E-state index is 15.1. The molecule has 0 amide bonds. The van der Waals surface area contributed by atoms with E-state index >= 15 is 4.39 Å². The highest BCUT2D eigenvalue weighted by Crippen LogP contribution is 2.43. The lowest BCUT2D eigenvalue weighted by atomic mass is 10.0. The number of hydrogen-bond acceptors (Lipinski definition) is 5. The van der Waals surface area contributed by atoms with Gasteiger partial charge in [0.15, 0.2) is 11.6 Å². The second kappa shape index (κ2) is 7.24. The van der Waals surface area contributed by atoms with E-state index in [1.54, 1.807) is 4.57 Å². The molecule has 2 N–H and O–H groups in total. The molecule has 2 aromatic rings. The van der Waals surface area contributed by atoms with Crippen molar-refractivity contribution in [2.24, 2.45) is 5.92 Å². The lowest BCUT2D eigenvalue weighted by Crippen LogP contribution is -2.35. The quantitative estimate of drug-likeness (QED) is 0.789. The lowest BCUT2D eigenvalue weighted by Gasteiger charge is -2.25. The molecule has 1 saturated heterocycles. The van der Waals surface area contributed by atoms with Crippen LogP contribution in [0, 0.1) is 11.7 Å². The first-order valence-electron chi connectivity index (χ1n) is 9.99. The molecule has 152 valence electrons. The minimum absolute atomic E-state index is 0.0270. The van der Waals surface area contributed by atoms with Crippen molar-refractivity contribution >= 4 is 16.6 Å².